The van der Waals surface area contributed by atoms with Crippen molar-refractivity contribution < 1.29 is 18.3 Å². The third-order valence-corrected chi connectivity index (χ3v) is 3.32. The van der Waals surface area contributed by atoms with Crippen molar-refractivity contribution in [3.63, 3.8) is 0 Å². The molecule has 0 aliphatic heterocycles. The van der Waals surface area contributed by atoms with E-state index in [1.165, 1.54) is 32.1 Å². The topological polar surface area (TPSA) is 26.3 Å². The molecular formula is C13H22F2O2. The lowest BCUT2D eigenvalue weighted by molar-refractivity contribution is -0.169. The monoisotopic (exact) mass is 248 g/mol. The van der Waals surface area contributed by atoms with E-state index in [9.17, 15) is 13.6 Å². The van der Waals surface area contributed by atoms with Crippen molar-refractivity contribution in [2.24, 2.45) is 5.92 Å². The number of unbranched alkanes of at least 4 members (excludes halogenated alkanes) is 1. The van der Waals surface area contributed by atoms with E-state index in [0.717, 1.165) is 18.8 Å². The highest BCUT2D eigenvalue weighted by molar-refractivity contribution is 5.76. The van der Waals surface area contributed by atoms with Crippen LogP contribution in [0, 0.1) is 5.92 Å². The Balaban J connectivity index is 1.99. The first kappa shape index (κ1) is 14.4. The number of ether oxygens (including phenoxy) is 1. The molecule has 0 bridgehead atoms. The molecule has 1 fully saturated rings. The van der Waals surface area contributed by atoms with Gasteiger partial charge in [-0.25, -0.2) is 4.79 Å². The van der Waals surface area contributed by atoms with Gasteiger partial charge in [-0.1, -0.05) is 38.5 Å². The van der Waals surface area contributed by atoms with Crippen LogP contribution < -0.4 is 0 Å². The third-order valence-electron chi connectivity index (χ3n) is 3.32. The molecule has 2 nitrogen and oxygen atoms in total. The minimum Gasteiger partial charge on any atom is -0.461 e. The molecule has 0 aromatic carbocycles. The Bertz CT molecular complexity index is 230. The molecule has 0 heterocycles. The summed E-state index contributed by atoms with van der Waals surface area (Å²) in [6.45, 7) is 0.687. The van der Waals surface area contributed by atoms with Gasteiger partial charge in [0.25, 0.3) is 0 Å². The molecule has 0 aromatic rings. The Hall–Kier alpha value is -0.670. The molecular weight excluding hydrogens is 226 g/mol. The second kappa shape index (κ2) is 6.92. The van der Waals surface area contributed by atoms with Gasteiger partial charge in [-0.2, -0.15) is 8.78 Å². The highest BCUT2D eigenvalue weighted by Crippen LogP contribution is 2.27. The zero-order valence-electron chi connectivity index (χ0n) is 10.5. The lowest BCUT2D eigenvalue weighted by Crippen LogP contribution is -2.27. The predicted octanol–water partition coefficient (Wildman–Crippen LogP) is 3.94. The molecule has 100 valence electrons. The fourth-order valence-corrected chi connectivity index (χ4v) is 2.30. The lowest BCUT2D eigenvalue weighted by Gasteiger charge is -2.21. The number of esters is 1. The summed E-state index contributed by atoms with van der Waals surface area (Å²) in [4.78, 5) is 10.8. The molecule has 0 radical (unpaired) electrons. The SMILES string of the molecule is CC(F)(F)C(=O)OCCCCC1CCCCC1. The number of hydrogen-bond donors (Lipinski definition) is 0. The quantitative estimate of drug-likeness (QED) is 0.526. The average Bonchev–Trinajstić information content (AvgIpc) is 2.28. The summed E-state index contributed by atoms with van der Waals surface area (Å²) >= 11 is 0. The standard InChI is InChI=1S/C13H22F2O2/c1-13(14,15)12(16)17-10-6-5-9-11-7-3-2-4-8-11/h11H,2-10H2,1H3. The van der Waals surface area contributed by atoms with Crippen LogP contribution in [0.25, 0.3) is 0 Å². The zero-order chi connectivity index (χ0) is 12.7. The van der Waals surface area contributed by atoms with Crippen LogP contribution in [0.5, 0.6) is 0 Å². The van der Waals surface area contributed by atoms with Gasteiger partial charge in [0.15, 0.2) is 0 Å². The van der Waals surface area contributed by atoms with E-state index in [1.54, 1.807) is 0 Å². The van der Waals surface area contributed by atoms with E-state index >= 15 is 0 Å². The molecule has 1 aliphatic carbocycles. The molecule has 1 rings (SSSR count). The van der Waals surface area contributed by atoms with Gasteiger partial charge in [0.05, 0.1) is 6.61 Å². The van der Waals surface area contributed by atoms with Crippen LogP contribution in [0.1, 0.15) is 58.3 Å². The minimum atomic E-state index is -3.36. The molecule has 4 heteroatoms. The molecule has 0 unspecified atom stereocenters. The van der Waals surface area contributed by atoms with Crippen molar-refractivity contribution in [1.82, 2.24) is 0 Å². The molecule has 17 heavy (non-hydrogen) atoms. The number of rotatable bonds is 6. The summed E-state index contributed by atoms with van der Waals surface area (Å²) in [5.41, 5.74) is 0. The van der Waals surface area contributed by atoms with Crippen molar-refractivity contribution in [2.75, 3.05) is 6.61 Å². The van der Waals surface area contributed by atoms with Gasteiger partial charge < -0.3 is 4.74 Å². The summed E-state index contributed by atoms with van der Waals surface area (Å²) in [5, 5.41) is 0. The first-order valence-corrected chi connectivity index (χ1v) is 6.55. The highest BCUT2D eigenvalue weighted by Gasteiger charge is 2.33. The number of carbonyl (C=O) groups is 1. The Kier molecular flexibility index (Phi) is 5.86. The van der Waals surface area contributed by atoms with Gasteiger partial charge in [0, 0.05) is 6.92 Å². The first-order chi connectivity index (χ1) is 8.00. The Labute approximate surface area is 102 Å². The van der Waals surface area contributed by atoms with Crippen LogP contribution in [0.2, 0.25) is 0 Å². The van der Waals surface area contributed by atoms with Gasteiger partial charge in [-0.3, -0.25) is 0 Å². The molecule has 1 saturated carbocycles. The second-order valence-electron chi connectivity index (χ2n) is 5.02. The molecule has 0 saturated heterocycles. The van der Waals surface area contributed by atoms with Crippen molar-refractivity contribution in [2.45, 2.75) is 64.2 Å². The predicted molar refractivity (Wildman–Crippen MR) is 62.0 cm³/mol. The maximum Gasteiger partial charge on any atom is 0.376 e. The molecule has 0 amide bonds. The Morgan fingerprint density at radius 2 is 1.88 bits per heavy atom. The fourth-order valence-electron chi connectivity index (χ4n) is 2.30. The van der Waals surface area contributed by atoms with Gasteiger partial charge >= 0.3 is 11.9 Å². The summed E-state index contributed by atoms with van der Waals surface area (Å²) < 4.78 is 29.4. The maximum atomic E-state index is 12.4. The van der Waals surface area contributed by atoms with E-state index < -0.39 is 11.9 Å². The van der Waals surface area contributed by atoms with E-state index in [-0.39, 0.29) is 6.61 Å². The third kappa shape index (κ3) is 5.99. The molecule has 0 spiro atoms. The molecule has 1 aliphatic rings. The zero-order valence-corrected chi connectivity index (χ0v) is 10.5. The van der Waals surface area contributed by atoms with Gasteiger partial charge in [0.1, 0.15) is 0 Å². The van der Waals surface area contributed by atoms with Crippen LogP contribution in [-0.4, -0.2) is 18.5 Å². The largest absolute Gasteiger partial charge is 0.461 e. The lowest BCUT2D eigenvalue weighted by atomic mass is 9.86. The average molecular weight is 248 g/mol. The number of hydrogen-bond acceptors (Lipinski definition) is 2. The van der Waals surface area contributed by atoms with E-state index in [0.29, 0.717) is 13.3 Å². The molecule has 0 aromatic heterocycles. The van der Waals surface area contributed by atoms with Crippen LogP contribution >= 0.6 is 0 Å². The highest BCUT2D eigenvalue weighted by atomic mass is 19.3. The summed E-state index contributed by atoms with van der Waals surface area (Å²) in [6.07, 6.45) is 9.38. The van der Waals surface area contributed by atoms with Crippen molar-refractivity contribution in [3.05, 3.63) is 0 Å². The van der Waals surface area contributed by atoms with Gasteiger partial charge in [-0.15, -0.1) is 0 Å². The van der Waals surface area contributed by atoms with Gasteiger partial charge in [-0.05, 0) is 18.8 Å². The van der Waals surface area contributed by atoms with Crippen LogP contribution in [-0.2, 0) is 9.53 Å². The van der Waals surface area contributed by atoms with E-state index in [1.807, 2.05) is 0 Å². The van der Waals surface area contributed by atoms with Gasteiger partial charge in [0.2, 0.25) is 0 Å². The normalized spacial score (nSPS) is 18.1. The van der Waals surface area contributed by atoms with E-state index in [4.69, 9.17) is 0 Å². The Morgan fingerprint density at radius 3 is 2.47 bits per heavy atom. The summed E-state index contributed by atoms with van der Waals surface area (Å²) in [7, 11) is 0. The Morgan fingerprint density at radius 1 is 1.24 bits per heavy atom. The summed E-state index contributed by atoms with van der Waals surface area (Å²) in [6, 6.07) is 0. The first-order valence-electron chi connectivity index (χ1n) is 6.55. The van der Waals surface area contributed by atoms with Crippen LogP contribution in [0.3, 0.4) is 0 Å². The second-order valence-corrected chi connectivity index (χ2v) is 5.02. The molecule has 0 atom stereocenters. The maximum absolute atomic E-state index is 12.4. The summed E-state index contributed by atoms with van der Waals surface area (Å²) in [5.74, 6) is -3.97. The molecule has 0 N–H and O–H groups in total. The van der Waals surface area contributed by atoms with Crippen molar-refractivity contribution >= 4 is 5.97 Å². The van der Waals surface area contributed by atoms with Crippen molar-refractivity contribution in [1.29, 1.82) is 0 Å². The smallest absolute Gasteiger partial charge is 0.376 e. The number of carbonyl (C=O) groups excluding carboxylic acids is 1. The fraction of sp³-hybridized carbons (Fsp3) is 0.923. The van der Waals surface area contributed by atoms with E-state index in [2.05, 4.69) is 4.74 Å². The van der Waals surface area contributed by atoms with Crippen LogP contribution in [0.4, 0.5) is 8.78 Å². The van der Waals surface area contributed by atoms with Crippen molar-refractivity contribution in [3.8, 4) is 0 Å². The number of halogens is 2. The van der Waals surface area contributed by atoms with Crippen LogP contribution in [0.15, 0.2) is 0 Å². The minimum absolute atomic E-state index is 0.120. The number of alkyl halides is 2.